The van der Waals surface area contributed by atoms with Crippen LogP contribution in [-0.2, 0) is 17.8 Å². The lowest BCUT2D eigenvalue weighted by molar-refractivity contribution is -0.112. The van der Waals surface area contributed by atoms with Gasteiger partial charge < -0.3 is 9.88 Å². The molecule has 0 atom stereocenters. The molecule has 5 rings (SSSR count). The summed E-state index contributed by atoms with van der Waals surface area (Å²) in [6.45, 7) is 6.80. The quantitative estimate of drug-likeness (QED) is 0.197. The standard InChI is InChI=1S/C33H29N5O/c1-4-29-37-31-22(2)19-23(3)35-32(31)38(29)21-24-15-17-26(18-16-24)30(25-11-7-5-8-12-25)28(20-34)33(39)36-27-13-9-6-10-14-27/h5-19H,4,21H2,1-3H3,(H,36,39). The minimum Gasteiger partial charge on any atom is -0.321 e. The van der Waals surface area contributed by atoms with Gasteiger partial charge in [-0.15, -0.1) is 0 Å². The summed E-state index contributed by atoms with van der Waals surface area (Å²) < 4.78 is 2.17. The van der Waals surface area contributed by atoms with Crippen molar-refractivity contribution in [2.45, 2.75) is 33.7 Å². The van der Waals surface area contributed by atoms with Gasteiger partial charge in [0.2, 0.25) is 0 Å². The summed E-state index contributed by atoms with van der Waals surface area (Å²) in [7, 11) is 0. The molecule has 39 heavy (non-hydrogen) atoms. The molecular formula is C33H29N5O. The number of anilines is 1. The van der Waals surface area contributed by atoms with Crippen LogP contribution in [0.2, 0.25) is 0 Å². The molecule has 2 heterocycles. The van der Waals surface area contributed by atoms with Gasteiger partial charge in [0.05, 0.1) is 6.54 Å². The Balaban J connectivity index is 1.54. The molecule has 2 aromatic heterocycles. The number of carbonyl (C=O) groups excluding carboxylic acids is 1. The number of para-hydroxylation sites is 1. The summed E-state index contributed by atoms with van der Waals surface area (Å²) in [6, 6.07) is 31.0. The van der Waals surface area contributed by atoms with E-state index < -0.39 is 5.91 Å². The van der Waals surface area contributed by atoms with Crippen molar-refractivity contribution in [1.82, 2.24) is 14.5 Å². The average Bonchev–Trinajstić information content (AvgIpc) is 3.30. The number of rotatable bonds is 7. The summed E-state index contributed by atoms with van der Waals surface area (Å²) in [5, 5.41) is 13.0. The van der Waals surface area contributed by atoms with Crippen molar-refractivity contribution in [3.8, 4) is 6.07 Å². The molecule has 0 saturated carbocycles. The summed E-state index contributed by atoms with van der Waals surface area (Å²) in [4.78, 5) is 22.9. The van der Waals surface area contributed by atoms with E-state index in [1.165, 1.54) is 0 Å². The topological polar surface area (TPSA) is 83.6 Å². The first kappa shape index (κ1) is 25.6. The third kappa shape index (κ3) is 5.34. The van der Waals surface area contributed by atoms with Crippen molar-refractivity contribution in [1.29, 1.82) is 5.26 Å². The van der Waals surface area contributed by atoms with Crippen molar-refractivity contribution >= 4 is 28.3 Å². The molecule has 5 aromatic rings. The molecule has 0 spiro atoms. The van der Waals surface area contributed by atoms with Gasteiger partial charge in [0.15, 0.2) is 5.65 Å². The zero-order valence-corrected chi connectivity index (χ0v) is 22.3. The normalized spacial score (nSPS) is 11.6. The predicted octanol–water partition coefficient (Wildman–Crippen LogP) is 6.62. The van der Waals surface area contributed by atoms with Crippen molar-refractivity contribution in [2.24, 2.45) is 0 Å². The molecule has 0 unspecified atom stereocenters. The van der Waals surface area contributed by atoms with Gasteiger partial charge in [-0.2, -0.15) is 5.26 Å². The molecule has 0 aliphatic heterocycles. The fraction of sp³-hybridized carbons (Fsp3) is 0.152. The number of nitrogens with one attached hydrogen (secondary N) is 1. The minimum atomic E-state index is -0.444. The van der Waals surface area contributed by atoms with Crippen molar-refractivity contribution in [3.05, 3.63) is 130 Å². The molecule has 1 N–H and O–H groups in total. The number of benzene rings is 3. The zero-order chi connectivity index (χ0) is 27.4. The van der Waals surface area contributed by atoms with Crippen LogP contribution in [0.5, 0.6) is 0 Å². The molecule has 3 aromatic carbocycles. The Labute approximate surface area is 228 Å². The third-order valence-electron chi connectivity index (χ3n) is 6.68. The number of amides is 1. The Morgan fingerprint density at radius 3 is 2.18 bits per heavy atom. The van der Waals surface area contributed by atoms with Gasteiger partial charge in [0, 0.05) is 23.4 Å². The highest BCUT2D eigenvalue weighted by Gasteiger charge is 2.19. The highest BCUT2D eigenvalue weighted by Crippen LogP contribution is 2.29. The number of hydrogen-bond acceptors (Lipinski definition) is 4. The van der Waals surface area contributed by atoms with Crippen LogP contribution in [0.1, 0.15) is 40.7 Å². The first-order chi connectivity index (χ1) is 19.0. The maximum Gasteiger partial charge on any atom is 0.266 e. The van der Waals surface area contributed by atoms with Gasteiger partial charge in [0.25, 0.3) is 5.91 Å². The molecule has 0 aliphatic carbocycles. The maximum absolute atomic E-state index is 13.3. The number of hydrogen-bond donors (Lipinski definition) is 1. The fourth-order valence-corrected chi connectivity index (χ4v) is 4.84. The highest BCUT2D eigenvalue weighted by molar-refractivity contribution is 6.14. The van der Waals surface area contributed by atoms with E-state index in [1.54, 1.807) is 12.1 Å². The third-order valence-corrected chi connectivity index (χ3v) is 6.68. The van der Waals surface area contributed by atoms with Crippen LogP contribution in [0.4, 0.5) is 5.69 Å². The smallest absolute Gasteiger partial charge is 0.266 e. The number of aryl methyl sites for hydroxylation is 3. The summed E-state index contributed by atoms with van der Waals surface area (Å²) >= 11 is 0. The Kier molecular flexibility index (Phi) is 7.33. The minimum absolute atomic E-state index is 0.0572. The van der Waals surface area contributed by atoms with E-state index >= 15 is 0 Å². The molecule has 0 bridgehead atoms. The van der Waals surface area contributed by atoms with Crippen molar-refractivity contribution in [2.75, 3.05) is 5.32 Å². The summed E-state index contributed by atoms with van der Waals surface area (Å²) in [5.74, 6) is 0.547. The Hall–Kier alpha value is -5.02. The average molecular weight is 512 g/mol. The van der Waals surface area contributed by atoms with E-state index in [-0.39, 0.29) is 5.57 Å². The number of nitrogens with zero attached hydrogens (tertiary/aromatic N) is 4. The largest absolute Gasteiger partial charge is 0.321 e. The number of carbonyl (C=O) groups is 1. The lowest BCUT2D eigenvalue weighted by Crippen LogP contribution is -2.15. The molecule has 0 aliphatic rings. The fourth-order valence-electron chi connectivity index (χ4n) is 4.84. The highest BCUT2D eigenvalue weighted by atomic mass is 16.1. The van der Waals surface area contributed by atoms with E-state index in [4.69, 9.17) is 9.97 Å². The van der Waals surface area contributed by atoms with Gasteiger partial charge in [-0.3, -0.25) is 4.79 Å². The van der Waals surface area contributed by atoms with Gasteiger partial charge in [-0.05, 0) is 54.3 Å². The van der Waals surface area contributed by atoms with Crippen LogP contribution in [0.25, 0.3) is 16.7 Å². The van der Waals surface area contributed by atoms with Crippen LogP contribution in [0.3, 0.4) is 0 Å². The molecule has 0 radical (unpaired) electrons. The lowest BCUT2D eigenvalue weighted by Gasteiger charge is -2.14. The van der Waals surface area contributed by atoms with E-state index in [0.717, 1.165) is 51.4 Å². The second-order valence-corrected chi connectivity index (χ2v) is 9.47. The molecule has 192 valence electrons. The molecule has 1 amide bonds. The summed E-state index contributed by atoms with van der Waals surface area (Å²) in [6.07, 6.45) is 0.801. The lowest BCUT2D eigenvalue weighted by atomic mass is 9.92. The first-order valence-electron chi connectivity index (χ1n) is 13.0. The van der Waals surface area contributed by atoms with E-state index in [2.05, 4.69) is 35.9 Å². The number of nitriles is 1. The number of fused-ring (bicyclic) bond motifs is 1. The van der Waals surface area contributed by atoms with Gasteiger partial charge in [-0.25, -0.2) is 9.97 Å². The molecule has 0 fully saturated rings. The van der Waals surface area contributed by atoms with Gasteiger partial charge in [-0.1, -0.05) is 79.7 Å². The molecule has 6 nitrogen and oxygen atoms in total. The van der Waals surface area contributed by atoms with Crippen molar-refractivity contribution < 1.29 is 4.79 Å². The van der Waals surface area contributed by atoms with Crippen LogP contribution < -0.4 is 5.32 Å². The molecule has 0 saturated heterocycles. The molecule has 6 heteroatoms. The second kappa shape index (κ2) is 11.2. The van der Waals surface area contributed by atoms with Crippen LogP contribution >= 0.6 is 0 Å². The monoisotopic (exact) mass is 511 g/mol. The van der Waals surface area contributed by atoms with Crippen LogP contribution in [0, 0.1) is 25.2 Å². The van der Waals surface area contributed by atoms with E-state index in [1.807, 2.05) is 79.7 Å². The Morgan fingerprint density at radius 1 is 0.897 bits per heavy atom. The Morgan fingerprint density at radius 2 is 1.54 bits per heavy atom. The predicted molar refractivity (Wildman–Crippen MR) is 155 cm³/mol. The zero-order valence-electron chi connectivity index (χ0n) is 22.3. The number of imidazole rings is 1. The number of pyridine rings is 1. The first-order valence-corrected chi connectivity index (χ1v) is 13.0. The van der Waals surface area contributed by atoms with E-state index in [0.29, 0.717) is 17.8 Å². The van der Waals surface area contributed by atoms with Crippen LogP contribution in [0.15, 0.2) is 96.6 Å². The van der Waals surface area contributed by atoms with Gasteiger partial charge >= 0.3 is 0 Å². The number of aromatic nitrogens is 3. The molecular weight excluding hydrogens is 482 g/mol. The van der Waals surface area contributed by atoms with Crippen molar-refractivity contribution in [3.63, 3.8) is 0 Å². The van der Waals surface area contributed by atoms with E-state index in [9.17, 15) is 10.1 Å². The summed E-state index contributed by atoms with van der Waals surface area (Å²) in [5.41, 5.74) is 7.87. The Bertz CT molecular complexity index is 1710. The maximum atomic E-state index is 13.3. The van der Waals surface area contributed by atoms with Crippen LogP contribution in [-0.4, -0.2) is 20.4 Å². The SMILES string of the molecule is CCc1nc2c(C)cc(C)nc2n1Cc1ccc(C(=C(C#N)C(=O)Nc2ccccc2)c2ccccc2)cc1. The van der Waals surface area contributed by atoms with Gasteiger partial charge in [0.1, 0.15) is 23.0 Å². The second-order valence-electron chi connectivity index (χ2n) is 9.47.